The van der Waals surface area contributed by atoms with E-state index in [4.69, 9.17) is 38.9 Å². The number of anilines is 2. The Morgan fingerprint density at radius 3 is 2.47 bits per heavy atom. The Morgan fingerprint density at radius 1 is 1.00 bits per heavy atom. The Morgan fingerprint density at radius 2 is 1.76 bits per heavy atom. The van der Waals surface area contributed by atoms with Gasteiger partial charge < -0.3 is 33.3 Å². The first-order chi connectivity index (χ1) is 24.6. The number of hydrogen-bond donors (Lipinski definition) is 0. The lowest BCUT2D eigenvalue weighted by Gasteiger charge is -2.31. The Bertz CT molecular complexity index is 1910. The van der Waals surface area contributed by atoms with Gasteiger partial charge in [0.25, 0.3) is 0 Å². The van der Waals surface area contributed by atoms with E-state index in [1.54, 1.807) is 37.7 Å². The van der Waals surface area contributed by atoms with Crippen molar-refractivity contribution < 1.29 is 23.7 Å². The summed E-state index contributed by atoms with van der Waals surface area (Å²) in [6.07, 6.45) is 10.6. The average molecular weight is 714 g/mol. The molecule has 0 radical (unpaired) electrons. The SMILES string of the molecule is CCOC(=O)N1CCC(n2cc(-c3cnc4ccc(N(Cc5nccn5COCC[Si](C)(C)C)c5cc(OC)cc(OC)c5)nc4n3)cn2)CC1. The van der Waals surface area contributed by atoms with Gasteiger partial charge in [0.15, 0.2) is 5.65 Å². The van der Waals surface area contributed by atoms with E-state index in [1.807, 2.05) is 58.9 Å². The van der Waals surface area contributed by atoms with Crippen LogP contribution in [0.5, 0.6) is 11.5 Å². The van der Waals surface area contributed by atoms with Crippen LogP contribution in [0.15, 0.2) is 61.3 Å². The van der Waals surface area contributed by atoms with Crippen LogP contribution in [0.25, 0.3) is 22.4 Å². The molecule has 0 bridgehead atoms. The van der Waals surface area contributed by atoms with Gasteiger partial charge in [-0.25, -0.2) is 19.7 Å². The predicted octanol–water partition coefficient (Wildman–Crippen LogP) is 6.55. The number of likely N-dealkylation sites (tertiary alicyclic amines) is 1. The maximum absolute atomic E-state index is 12.1. The van der Waals surface area contributed by atoms with Gasteiger partial charge in [-0.2, -0.15) is 5.10 Å². The first-order valence-electron chi connectivity index (χ1n) is 17.3. The fourth-order valence-electron chi connectivity index (χ4n) is 5.92. The molecule has 5 heterocycles. The largest absolute Gasteiger partial charge is 0.497 e. The molecule has 1 fully saturated rings. The zero-order valence-electron chi connectivity index (χ0n) is 30.3. The van der Waals surface area contributed by atoms with Gasteiger partial charge >= 0.3 is 6.09 Å². The van der Waals surface area contributed by atoms with E-state index >= 15 is 0 Å². The van der Waals surface area contributed by atoms with E-state index in [1.165, 1.54) is 0 Å². The topological polar surface area (TPSA) is 135 Å². The molecular formula is C36H47N9O5Si. The summed E-state index contributed by atoms with van der Waals surface area (Å²) in [5.41, 5.74) is 3.49. The molecule has 0 unspecified atom stereocenters. The zero-order chi connectivity index (χ0) is 36.0. The van der Waals surface area contributed by atoms with Gasteiger partial charge in [-0.05, 0) is 37.9 Å². The van der Waals surface area contributed by atoms with E-state index in [0.717, 1.165) is 36.0 Å². The van der Waals surface area contributed by atoms with Crippen molar-refractivity contribution in [2.45, 2.75) is 64.8 Å². The van der Waals surface area contributed by atoms with Crippen LogP contribution in [-0.2, 0) is 22.7 Å². The molecule has 51 heavy (non-hydrogen) atoms. The van der Waals surface area contributed by atoms with Gasteiger partial charge in [-0.15, -0.1) is 0 Å². The molecule has 0 N–H and O–H groups in total. The van der Waals surface area contributed by atoms with Crippen LogP contribution >= 0.6 is 0 Å². The molecule has 1 aromatic carbocycles. The summed E-state index contributed by atoms with van der Waals surface area (Å²) in [4.78, 5) is 35.3. The third-order valence-electron chi connectivity index (χ3n) is 8.91. The number of carbonyl (C=O) groups excluding carboxylic acids is 1. The molecule has 6 rings (SSSR count). The van der Waals surface area contributed by atoms with Crippen molar-refractivity contribution in [3.8, 4) is 22.8 Å². The number of benzene rings is 1. The summed E-state index contributed by atoms with van der Waals surface area (Å²) in [7, 11) is 2.05. The highest BCUT2D eigenvalue weighted by Gasteiger charge is 2.25. The number of ether oxygens (including phenoxy) is 4. The van der Waals surface area contributed by atoms with Crippen molar-refractivity contribution >= 4 is 36.8 Å². The van der Waals surface area contributed by atoms with Crippen LogP contribution in [0.4, 0.5) is 16.3 Å². The number of pyridine rings is 1. The Balaban J connectivity index is 1.27. The summed E-state index contributed by atoms with van der Waals surface area (Å²) < 4.78 is 26.5. The van der Waals surface area contributed by atoms with Gasteiger partial charge in [0.2, 0.25) is 0 Å². The number of fused-ring (bicyclic) bond motifs is 1. The molecule has 1 amide bonds. The van der Waals surface area contributed by atoms with Crippen LogP contribution in [0, 0.1) is 0 Å². The lowest BCUT2D eigenvalue weighted by atomic mass is 10.1. The third kappa shape index (κ3) is 8.83. The molecule has 1 saturated heterocycles. The highest BCUT2D eigenvalue weighted by molar-refractivity contribution is 6.76. The number of amides is 1. The molecular weight excluding hydrogens is 667 g/mol. The Hall–Kier alpha value is -5.02. The van der Waals surface area contributed by atoms with Crippen LogP contribution in [0.3, 0.4) is 0 Å². The highest BCUT2D eigenvalue weighted by atomic mass is 28.3. The highest BCUT2D eigenvalue weighted by Crippen LogP contribution is 2.34. The molecule has 0 atom stereocenters. The van der Waals surface area contributed by atoms with Gasteiger partial charge in [0, 0.05) is 70.1 Å². The number of rotatable bonds is 14. The minimum Gasteiger partial charge on any atom is -0.497 e. The predicted molar refractivity (Wildman–Crippen MR) is 197 cm³/mol. The maximum atomic E-state index is 12.1. The van der Waals surface area contributed by atoms with Crippen molar-refractivity contribution in [2.75, 3.05) is 45.4 Å². The molecule has 1 aliphatic rings. The minimum absolute atomic E-state index is 0.175. The smallest absolute Gasteiger partial charge is 0.409 e. The van der Waals surface area contributed by atoms with Crippen molar-refractivity contribution in [2.24, 2.45) is 0 Å². The number of carbonyl (C=O) groups is 1. The van der Waals surface area contributed by atoms with Gasteiger partial charge in [-0.3, -0.25) is 9.67 Å². The molecule has 0 spiro atoms. The fourth-order valence-corrected chi connectivity index (χ4v) is 6.68. The number of nitrogens with zero attached hydrogens (tertiary/aromatic N) is 9. The van der Waals surface area contributed by atoms with Crippen LogP contribution in [-0.4, -0.2) is 93.9 Å². The van der Waals surface area contributed by atoms with Crippen LogP contribution in [0.2, 0.25) is 25.7 Å². The van der Waals surface area contributed by atoms with Crippen molar-refractivity contribution in [3.63, 3.8) is 0 Å². The second-order valence-electron chi connectivity index (χ2n) is 13.7. The second-order valence-corrected chi connectivity index (χ2v) is 19.3. The molecule has 0 saturated carbocycles. The normalized spacial score (nSPS) is 13.8. The van der Waals surface area contributed by atoms with E-state index in [-0.39, 0.29) is 12.1 Å². The van der Waals surface area contributed by atoms with E-state index < -0.39 is 8.07 Å². The number of imidazole rings is 1. The fraction of sp³-hybridized carbons (Fsp3) is 0.444. The van der Waals surface area contributed by atoms with Crippen LogP contribution in [0.1, 0.15) is 31.6 Å². The van der Waals surface area contributed by atoms with E-state index in [9.17, 15) is 4.79 Å². The monoisotopic (exact) mass is 713 g/mol. The summed E-state index contributed by atoms with van der Waals surface area (Å²) in [6, 6.07) is 10.8. The summed E-state index contributed by atoms with van der Waals surface area (Å²) >= 11 is 0. The Kier molecular flexibility index (Phi) is 11.2. The first-order valence-corrected chi connectivity index (χ1v) is 21.0. The molecule has 270 valence electrons. The van der Waals surface area contributed by atoms with E-state index in [2.05, 4.69) is 29.6 Å². The first kappa shape index (κ1) is 35.8. The van der Waals surface area contributed by atoms with Gasteiger partial charge in [-0.1, -0.05) is 19.6 Å². The lowest BCUT2D eigenvalue weighted by Crippen LogP contribution is -2.39. The molecule has 1 aliphatic heterocycles. The van der Waals surface area contributed by atoms with Gasteiger partial charge in [0.05, 0.1) is 57.2 Å². The maximum Gasteiger partial charge on any atom is 0.409 e. The van der Waals surface area contributed by atoms with Crippen molar-refractivity contribution in [3.05, 3.63) is 67.1 Å². The molecule has 15 heteroatoms. The third-order valence-corrected chi connectivity index (χ3v) is 10.6. The second kappa shape index (κ2) is 15.9. The minimum atomic E-state index is -1.21. The summed E-state index contributed by atoms with van der Waals surface area (Å²) in [5, 5.41) is 4.65. The number of hydrogen-bond acceptors (Lipinski definition) is 11. The Labute approximate surface area is 299 Å². The molecule has 14 nitrogen and oxygen atoms in total. The molecule has 4 aromatic heterocycles. The van der Waals surface area contributed by atoms with Crippen molar-refractivity contribution in [1.29, 1.82) is 0 Å². The molecule has 5 aromatic rings. The average Bonchev–Trinajstić information content (AvgIpc) is 3.81. The molecule has 0 aliphatic carbocycles. The number of piperidine rings is 1. The van der Waals surface area contributed by atoms with E-state index in [0.29, 0.717) is 73.8 Å². The van der Waals surface area contributed by atoms with Crippen LogP contribution < -0.4 is 14.4 Å². The zero-order valence-corrected chi connectivity index (χ0v) is 31.3. The quantitative estimate of drug-likeness (QED) is 0.0917. The summed E-state index contributed by atoms with van der Waals surface area (Å²) in [6.45, 7) is 12.0. The summed E-state index contributed by atoms with van der Waals surface area (Å²) in [5.74, 6) is 2.77. The number of methoxy groups -OCH3 is 2. The van der Waals surface area contributed by atoms with Crippen molar-refractivity contribution in [1.82, 2.24) is 39.2 Å². The van der Waals surface area contributed by atoms with Gasteiger partial charge in [0.1, 0.15) is 35.4 Å². The lowest BCUT2D eigenvalue weighted by molar-refractivity contribution is 0.0851. The number of aromatic nitrogens is 7. The standard InChI is InChI=1S/C36H47N9O5Si/c1-7-50-36(46)42-13-10-27(11-14-42)45-23-26(21-39-45)32-22-38-31-8-9-33(41-35(31)40-32)44(28-18-29(47-2)20-30(19-28)48-3)24-34-37-12-15-43(34)25-49-16-17-51(4,5)6/h8-9,12,15,18-23,27H,7,10-11,13-14,16-17,24-25H2,1-6H3.